The summed E-state index contributed by atoms with van der Waals surface area (Å²) in [6.45, 7) is 6.64. The summed E-state index contributed by atoms with van der Waals surface area (Å²) in [4.78, 5) is 4.43. The Kier molecular flexibility index (Phi) is 6.19. The summed E-state index contributed by atoms with van der Waals surface area (Å²) < 4.78 is 5.97. The minimum atomic E-state index is 0. The number of benzene rings is 3. The molecule has 3 nitrogen and oxygen atoms in total. The number of hydrogen-bond donors (Lipinski definition) is 0. The van der Waals surface area contributed by atoms with E-state index in [9.17, 15) is 0 Å². The van der Waals surface area contributed by atoms with E-state index in [-0.39, 0.29) is 22.9 Å². The number of rotatable bonds is 3. The van der Waals surface area contributed by atoms with Crippen molar-refractivity contribution in [3.05, 3.63) is 81.9 Å². The first-order chi connectivity index (χ1) is 13.8. The molecular weight excluding hydrogens is 436 g/mol. The average molecular weight is 467 g/mol. The molecule has 0 N–H and O–H groups in total. The van der Waals surface area contributed by atoms with Crippen LogP contribution in [0.25, 0.3) is 0 Å². The minimum Gasteiger partial charge on any atom is -0.496 e. The van der Waals surface area contributed by atoms with Crippen LogP contribution in [0.1, 0.15) is 39.3 Å². The fourth-order valence-corrected chi connectivity index (χ4v) is 4.86. The normalized spacial score (nSPS) is 14.5. The molecule has 3 aromatic carbocycles. The van der Waals surface area contributed by atoms with E-state index in [1.165, 1.54) is 44.8 Å². The maximum absolute atomic E-state index is 5.97. The molecule has 4 heteroatoms. The summed E-state index contributed by atoms with van der Waals surface area (Å²) in [6.07, 6.45) is 0. The van der Waals surface area contributed by atoms with E-state index in [2.05, 4.69) is 100 Å². The van der Waals surface area contributed by atoms with Gasteiger partial charge in [0, 0.05) is 50.1 Å². The van der Waals surface area contributed by atoms with Gasteiger partial charge >= 0.3 is 0 Å². The van der Waals surface area contributed by atoms with Crippen molar-refractivity contribution < 1.29 is 4.74 Å². The molecule has 158 valence electrons. The van der Waals surface area contributed by atoms with E-state index >= 15 is 0 Å². The predicted octanol–water partition coefficient (Wildman–Crippen LogP) is 6.53. The Hall–Kier alpha value is -2.46. The fraction of sp³-hybridized carbons (Fsp3) is 0.308. The van der Waals surface area contributed by atoms with Crippen LogP contribution in [0.4, 0.5) is 17.1 Å². The first-order valence-corrected chi connectivity index (χ1v) is 10.1. The van der Waals surface area contributed by atoms with Crippen LogP contribution < -0.4 is 14.5 Å². The summed E-state index contributed by atoms with van der Waals surface area (Å²) >= 11 is 0. The third kappa shape index (κ3) is 3.47. The molecule has 0 amide bonds. The van der Waals surface area contributed by atoms with Crippen LogP contribution in [0.3, 0.4) is 0 Å². The molecule has 1 heterocycles. The maximum Gasteiger partial charge on any atom is 0.127 e. The fourth-order valence-electron chi connectivity index (χ4n) is 4.86. The SMILES string of the molecule is Br.COc1cc(N(C)C)cc2c1C(c1c(C)cc(C)cc1C)c1ccccc1N2C. The second-order valence-corrected chi connectivity index (χ2v) is 8.34. The zero-order valence-electron chi connectivity index (χ0n) is 18.9. The summed E-state index contributed by atoms with van der Waals surface area (Å²) in [5, 5.41) is 0. The number of aryl methyl sites for hydroxylation is 3. The number of fused-ring (bicyclic) bond motifs is 2. The van der Waals surface area contributed by atoms with Crippen LogP contribution in [-0.2, 0) is 0 Å². The van der Waals surface area contributed by atoms with Crippen molar-refractivity contribution >= 4 is 34.0 Å². The molecule has 0 bridgehead atoms. The van der Waals surface area contributed by atoms with Crippen molar-refractivity contribution in [1.82, 2.24) is 0 Å². The van der Waals surface area contributed by atoms with Gasteiger partial charge in [0.15, 0.2) is 0 Å². The van der Waals surface area contributed by atoms with Crippen molar-refractivity contribution in [2.24, 2.45) is 0 Å². The van der Waals surface area contributed by atoms with Crippen molar-refractivity contribution in [3.63, 3.8) is 0 Å². The number of hydrogen-bond acceptors (Lipinski definition) is 3. The highest BCUT2D eigenvalue weighted by molar-refractivity contribution is 8.93. The topological polar surface area (TPSA) is 15.7 Å². The quantitative estimate of drug-likeness (QED) is 0.436. The molecule has 1 aliphatic heterocycles. The van der Waals surface area contributed by atoms with Gasteiger partial charge in [-0.3, -0.25) is 0 Å². The van der Waals surface area contributed by atoms with E-state index < -0.39 is 0 Å². The first kappa shape index (κ1) is 22.2. The maximum atomic E-state index is 5.97. The van der Waals surface area contributed by atoms with E-state index in [0.29, 0.717) is 0 Å². The Morgan fingerprint density at radius 3 is 2.10 bits per heavy atom. The van der Waals surface area contributed by atoms with Crippen LogP contribution in [0, 0.1) is 20.8 Å². The molecule has 0 aromatic heterocycles. The molecule has 1 aliphatic rings. The zero-order chi connectivity index (χ0) is 20.9. The summed E-state index contributed by atoms with van der Waals surface area (Å²) in [5.41, 5.74) is 11.5. The first-order valence-electron chi connectivity index (χ1n) is 10.1. The van der Waals surface area contributed by atoms with Gasteiger partial charge in [-0.15, -0.1) is 17.0 Å². The number of para-hydroxylation sites is 1. The highest BCUT2D eigenvalue weighted by Gasteiger charge is 2.34. The molecule has 0 fully saturated rings. The van der Waals surface area contributed by atoms with Crippen molar-refractivity contribution in [3.8, 4) is 5.75 Å². The van der Waals surface area contributed by atoms with Crippen LogP contribution >= 0.6 is 17.0 Å². The van der Waals surface area contributed by atoms with Crippen LogP contribution in [-0.4, -0.2) is 28.3 Å². The van der Waals surface area contributed by atoms with Gasteiger partial charge in [0.05, 0.1) is 12.8 Å². The van der Waals surface area contributed by atoms with E-state index in [1.807, 2.05) is 0 Å². The summed E-state index contributed by atoms with van der Waals surface area (Å²) in [6, 6.07) is 17.8. The van der Waals surface area contributed by atoms with Gasteiger partial charge in [-0.05, 0) is 55.2 Å². The van der Waals surface area contributed by atoms with Gasteiger partial charge in [-0.1, -0.05) is 35.9 Å². The van der Waals surface area contributed by atoms with Crippen LogP contribution in [0.15, 0.2) is 48.5 Å². The van der Waals surface area contributed by atoms with E-state index in [4.69, 9.17) is 4.74 Å². The predicted molar refractivity (Wildman–Crippen MR) is 134 cm³/mol. The lowest BCUT2D eigenvalue weighted by Gasteiger charge is -2.38. The lowest BCUT2D eigenvalue weighted by molar-refractivity contribution is 0.409. The number of nitrogens with zero attached hydrogens (tertiary/aromatic N) is 2. The van der Waals surface area contributed by atoms with E-state index in [1.54, 1.807) is 7.11 Å². The van der Waals surface area contributed by atoms with E-state index in [0.717, 1.165) is 11.4 Å². The largest absolute Gasteiger partial charge is 0.496 e. The average Bonchev–Trinajstić information content (AvgIpc) is 2.68. The lowest BCUT2D eigenvalue weighted by Crippen LogP contribution is -2.24. The molecule has 3 aromatic rings. The minimum absolute atomic E-state index is 0. The lowest BCUT2D eigenvalue weighted by atomic mass is 9.76. The molecule has 1 unspecified atom stereocenters. The van der Waals surface area contributed by atoms with Gasteiger partial charge < -0.3 is 14.5 Å². The Morgan fingerprint density at radius 2 is 1.50 bits per heavy atom. The van der Waals surface area contributed by atoms with Gasteiger partial charge in [-0.2, -0.15) is 0 Å². The molecule has 30 heavy (non-hydrogen) atoms. The third-order valence-corrected chi connectivity index (χ3v) is 6.13. The highest BCUT2D eigenvalue weighted by Crippen LogP contribution is 2.53. The van der Waals surface area contributed by atoms with Crippen LogP contribution in [0.5, 0.6) is 5.75 Å². The zero-order valence-corrected chi connectivity index (χ0v) is 20.6. The molecule has 0 radical (unpaired) electrons. The Labute approximate surface area is 191 Å². The van der Waals surface area contributed by atoms with Crippen LogP contribution in [0.2, 0.25) is 0 Å². The number of halogens is 1. The molecule has 0 saturated carbocycles. The van der Waals surface area contributed by atoms with Gasteiger partial charge in [0.2, 0.25) is 0 Å². The second-order valence-electron chi connectivity index (χ2n) is 8.34. The monoisotopic (exact) mass is 466 g/mol. The molecule has 0 spiro atoms. The molecule has 0 saturated heterocycles. The number of anilines is 3. The number of ether oxygens (including phenoxy) is 1. The van der Waals surface area contributed by atoms with Gasteiger partial charge in [-0.25, -0.2) is 0 Å². The Bertz CT molecular complexity index is 1070. The second kappa shape index (κ2) is 8.35. The molecular formula is C26H31BrN2O. The summed E-state index contributed by atoms with van der Waals surface area (Å²) in [7, 11) is 8.08. The number of methoxy groups -OCH3 is 1. The Balaban J connectivity index is 0.00000256. The molecule has 4 rings (SSSR count). The molecule has 1 atom stereocenters. The Morgan fingerprint density at radius 1 is 0.867 bits per heavy atom. The van der Waals surface area contributed by atoms with Crippen molar-refractivity contribution in [2.75, 3.05) is 38.1 Å². The third-order valence-electron chi connectivity index (χ3n) is 6.13. The standard InChI is InChI=1S/C26H30N2O.BrH/c1-16-12-17(2)24(18(3)13-16)25-20-10-8-9-11-21(20)28(6)22-14-19(27(4)5)15-23(29-7)26(22)25;/h8-15,25H,1-7H3;1H. The van der Waals surface area contributed by atoms with Crippen molar-refractivity contribution in [2.45, 2.75) is 26.7 Å². The highest BCUT2D eigenvalue weighted by atomic mass is 79.9. The summed E-state index contributed by atoms with van der Waals surface area (Å²) in [5.74, 6) is 1.08. The van der Waals surface area contributed by atoms with Gasteiger partial charge in [0.25, 0.3) is 0 Å². The van der Waals surface area contributed by atoms with Gasteiger partial charge in [0.1, 0.15) is 5.75 Å². The smallest absolute Gasteiger partial charge is 0.127 e. The van der Waals surface area contributed by atoms with Crippen molar-refractivity contribution in [1.29, 1.82) is 0 Å². The molecule has 0 aliphatic carbocycles.